The van der Waals surface area contributed by atoms with E-state index in [-0.39, 0.29) is 23.0 Å². The van der Waals surface area contributed by atoms with Crippen LogP contribution in [0.4, 0.5) is 4.39 Å². The summed E-state index contributed by atoms with van der Waals surface area (Å²) in [5.41, 5.74) is -0.276. The van der Waals surface area contributed by atoms with Crippen LogP contribution < -0.4 is 10.1 Å². The van der Waals surface area contributed by atoms with Crippen molar-refractivity contribution in [1.82, 2.24) is 25.5 Å². The third-order valence-electron chi connectivity index (χ3n) is 6.41. The molecule has 7 nitrogen and oxygen atoms in total. The summed E-state index contributed by atoms with van der Waals surface area (Å²) in [7, 11) is 0. The van der Waals surface area contributed by atoms with Crippen LogP contribution in [0.1, 0.15) is 39.5 Å². The minimum absolute atomic E-state index is 0.0434. The molecule has 4 heterocycles. The number of nitrogens with zero attached hydrogens (tertiary/aromatic N) is 4. The normalized spacial score (nSPS) is 30.9. The van der Waals surface area contributed by atoms with Crippen LogP contribution in [-0.4, -0.2) is 48.6 Å². The number of piperidine rings is 2. The molecule has 156 valence electrons. The van der Waals surface area contributed by atoms with Crippen LogP contribution >= 0.6 is 0 Å². The number of hydrogen-bond acceptors (Lipinski definition) is 7. The van der Waals surface area contributed by atoms with E-state index in [1.54, 1.807) is 24.5 Å². The van der Waals surface area contributed by atoms with E-state index in [9.17, 15) is 5.11 Å². The number of nitrogens with one attached hydrogen (secondary N) is 1. The summed E-state index contributed by atoms with van der Waals surface area (Å²) in [4.78, 5) is 8.36. The van der Waals surface area contributed by atoms with Gasteiger partial charge in [0.15, 0.2) is 12.0 Å². The van der Waals surface area contributed by atoms with Crippen molar-refractivity contribution in [3.63, 3.8) is 0 Å². The molecule has 1 aromatic carbocycles. The van der Waals surface area contributed by atoms with Crippen LogP contribution in [0.15, 0.2) is 36.8 Å². The molecule has 2 aromatic heterocycles. The summed E-state index contributed by atoms with van der Waals surface area (Å²) in [5, 5.41) is 23.8. The van der Waals surface area contributed by atoms with Crippen LogP contribution in [0.5, 0.6) is 11.6 Å². The molecule has 2 N–H and O–H groups in total. The molecular weight excluding hydrogens is 385 g/mol. The number of fused-ring (bicyclic) bond motifs is 3. The van der Waals surface area contributed by atoms with Gasteiger partial charge in [-0.15, -0.1) is 10.2 Å². The van der Waals surface area contributed by atoms with Gasteiger partial charge in [0.2, 0.25) is 0 Å². The Labute approximate surface area is 173 Å². The maximum absolute atomic E-state index is 15.2. The lowest BCUT2D eigenvalue weighted by Crippen LogP contribution is -2.71. The van der Waals surface area contributed by atoms with E-state index in [2.05, 4.69) is 32.4 Å². The number of pyridine rings is 1. The van der Waals surface area contributed by atoms with Gasteiger partial charge < -0.3 is 15.2 Å². The SMILES string of the molecule is C[C@]12CCC[C@](C)(N1)[C@@H](F)[C@H](Oc1cnc(-c3cc4ccncc4cc3O)nn1)C2. The van der Waals surface area contributed by atoms with Crippen molar-refractivity contribution in [2.75, 3.05) is 0 Å². The second-order valence-electron chi connectivity index (χ2n) is 8.93. The number of ether oxygens (including phenoxy) is 1. The lowest BCUT2D eigenvalue weighted by molar-refractivity contribution is -0.0627. The molecule has 0 unspecified atom stereocenters. The van der Waals surface area contributed by atoms with Gasteiger partial charge in [-0.25, -0.2) is 9.37 Å². The zero-order valence-corrected chi connectivity index (χ0v) is 17.0. The fourth-order valence-corrected chi connectivity index (χ4v) is 4.98. The molecule has 2 fully saturated rings. The Bertz CT molecular complexity index is 1090. The maximum atomic E-state index is 15.2. The predicted octanol–water partition coefficient (Wildman–Crippen LogP) is 3.57. The maximum Gasteiger partial charge on any atom is 0.252 e. The van der Waals surface area contributed by atoms with Gasteiger partial charge in [-0.3, -0.25) is 4.98 Å². The van der Waals surface area contributed by atoms with Crippen LogP contribution in [-0.2, 0) is 0 Å². The van der Waals surface area contributed by atoms with Gasteiger partial charge in [-0.1, -0.05) is 0 Å². The van der Waals surface area contributed by atoms with Gasteiger partial charge in [0, 0.05) is 29.7 Å². The van der Waals surface area contributed by atoms with E-state index >= 15 is 4.39 Å². The van der Waals surface area contributed by atoms with Crippen molar-refractivity contribution >= 4 is 10.8 Å². The molecule has 30 heavy (non-hydrogen) atoms. The fraction of sp³-hybridized carbons (Fsp3) is 0.455. The average Bonchev–Trinajstić information content (AvgIpc) is 2.72. The van der Waals surface area contributed by atoms with Gasteiger partial charge in [-0.2, -0.15) is 0 Å². The minimum atomic E-state index is -1.15. The molecule has 5 rings (SSSR count). The number of aromatic hydroxyl groups is 1. The summed E-state index contributed by atoms with van der Waals surface area (Å²) in [5.74, 6) is 0.501. The lowest BCUT2D eigenvalue weighted by Gasteiger charge is -2.54. The van der Waals surface area contributed by atoms with Gasteiger partial charge in [0.1, 0.15) is 11.9 Å². The van der Waals surface area contributed by atoms with Crippen LogP contribution in [0.3, 0.4) is 0 Å². The first-order chi connectivity index (χ1) is 14.4. The van der Waals surface area contributed by atoms with Crippen LogP contribution in [0, 0.1) is 0 Å². The standard InChI is InChI=1S/C22H24FN5O2/c1-21-5-3-6-22(2,28-21)19(23)17(10-21)30-18-12-25-20(27-26-18)15-8-13-4-7-24-11-14(13)9-16(15)29/h4,7-9,11-12,17,19,28-29H,3,5-6,10H2,1-2H3/t17-,19+,21-,22+/m1/s1. The van der Waals surface area contributed by atoms with Gasteiger partial charge in [0.25, 0.3) is 5.88 Å². The Morgan fingerprint density at radius 2 is 2.03 bits per heavy atom. The summed E-state index contributed by atoms with van der Waals surface area (Å²) in [6.45, 7) is 4.05. The first kappa shape index (κ1) is 19.1. The monoisotopic (exact) mass is 409 g/mol. The second-order valence-corrected chi connectivity index (χ2v) is 8.93. The van der Waals surface area contributed by atoms with Crippen molar-refractivity contribution < 1.29 is 14.2 Å². The summed E-state index contributed by atoms with van der Waals surface area (Å²) in [6, 6.07) is 5.26. The second kappa shape index (κ2) is 6.84. The lowest BCUT2D eigenvalue weighted by atomic mass is 9.69. The summed E-state index contributed by atoms with van der Waals surface area (Å²) in [6.07, 6.45) is 6.39. The highest BCUT2D eigenvalue weighted by Crippen LogP contribution is 2.42. The molecule has 2 aliphatic heterocycles. The molecule has 0 radical (unpaired) electrons. The topological polar surface area (TPSA) is 93.0 Å². The Morgan fingerprint density at radius 3 is 2.83 bits per heavy atom. The molecule has 2 aliphatic rings. The minimum Gasteiger partial charge on any atom is -0.507 e. The third kappa shape index (κ3) is 3.25. The number of phenolic OH excluding ortho intramolecular Hbond substituents is 1. The Kier molecular flexibility index (Phi) is 4.36. The number of phenols is 1. The van der Waals surface area contributed by atoms with Crippen molar-refractivity contribution in [2.45, 2.75) is 62.9 Å². The first-order valence-electron chi connectivity index (χ1n) is 10.2. The number of benzene rings is 1. The number of hydrogen-bond donors (Lipinski definition) is 2. The number of rotatable bonds is 3. The molecule has 0 spiro atoms. The third-order valence-corrected chi connectivity index (χ3v) is 6.41. The Hall–Kier alpha value is -2.87. The molecule has 4 atom stereocenters. The highest BCUT2D eigenvalue weighted by atomic mass is 19.1. The highest BCUT2D eigenvalue weighted by molar-refractivity contribution is 5.88. The van der Waals surface area contributed by atoms with E-state index in [0.717, 1.165) is 30.0 Å². The molecule has 2 saturated heterocycles. The van der Waals surface area contributed by atoms with Crippen LogP contribution in [0.2, 0.25) is 0 Å². The van der Waals surface area contributed by atoms with Crippen LogP contribution in [0.25, 0.3) is 22.2 Å². The summed E-state index contributed by atoms with van der Waals surface area (Å²) >= 11 is 0. The zero-order valence-electron chi connectivity index (χ0n) is 17.0. The van der Waals surface area contributed by atoms with Gasteiger partial charge in [0.05, 0.1) is 17.3 Å². The highest BCUT2D eigenvalue weighted by Gasteiger charge is 2.53. The van der Waals surface area contributed by atoms with Crippen molar-refractivity contribution in [1.29, 1.82) is 0 Å². The molecule has 2 bridgehead atoms. The first-order valence-corrected chi connectivity index (χ1v) is 10.2. The molecular formula is C22H24FN5O2. The zero-order chi connectivity index (χ0) is 20.9. The Morgan fingerprint density at radius 1 is 1.17 bits per heavy atom. The fourth-order valence-electron chi connectivity index (χ4n) is 4.98. The van der Waals surface area contributed by atoms with Crippen molar-refractivity contribution in [3.8, 4) is 23.0 Å². The quantitative estimate of drug-likeness (QED) is 0.683. The molecule has 3 aromatic rings. The van der Waals surface area contributed by atoms with Gasteiger partial charge in [-0.05, 0) is 56.7 Å². The van der Waals surface area contributed by atoms with Crippen molar-refractivity contribution in [2.24, 2.45) is 0 Å². The number of alkyl halides is 1. The number of halogens is 1. The van der Waals surface area contributed by atoms with Crippen molar-refractivity contribution in [3.05, 3.63) is 36.8 Å². The van der Waals surface area contributed by atoms with Gasteiger partial charge >= 0.3 is 0 Å². The van der Waals surface area contributed by atoms with E-state index in [1.807, 2.05) is 13.0 Å². The Balaban J connectivity index is 1.39. The van der Waals surface area contributed by atoms with E-state index in [4.69, 9.17) is 4.74 Å². The molecule has 0 aliphatic carbocycles. The summed E-state index contributed by atoms with van der Waals surface area (Å²) < 4.78 is 21.1. The van der Waals surface area contributed by atoms with E-state index in [1.165, 1.54) is 6.20 Å². The average molecular weight is 409 g/mol. The molecule has 8 heteroatoms. The molecule has 0 amide bonds. The largest absolute Gasteiger partial charge is 0.507 e. The van der Waals surface area contributed by atoms with E-state index < -0.39 is 17.8 Å². The number of aromatic nitrogens is 4. The molecule has 0 saturated carbocycles. The predicted molar refractivity (Wildman–Crippen MR) is 110 cm³/mol. The van der Waals surface area contributed by atoms with E-state index in [0.29, 0.717) is 12.0 Å². The smallest absolute Gasteiger partial charge is 0.252 e.